The fourth-order valence-corrected chi connectivity index (χ4v) is 4.72. The highest BCUT2D eigenvalue weighted by Gasteiger charge is 2.31. The molecule has 1 aliphatic heterocycles. The molecule has 31 heavy (non-hydrogen) atoms. The summed E-state index contributed by atoms with van der Waals surface area (Å²) in [7, 11) is 1.00. The SMILES string of the molecule is CO.O=c1c2cc(O)ccc2c(-c2ccc(F)cc2)c(C2CCOCC2)n1C1CCC1. The number of benzene rings is 2. The van der Waals surface area contributed by atoms with Crippen LogP contribution in [0.15, 0.2) is 47.3 Å². The summed E-state index contributed by atoms with van der Waals surface area (Å²) < 4.78 is 21.2. The van der Waals surface area contributed by atoms with Crippen molar-refractivity contribution < 1.29 is 19.3 Å². The van der Waals surface area contributed by atoms with Crippen molar-refractivity contribution in [3.8, 4) is 16.9 Å². The number of fused-ring (bicyclic) bond motifs is 1. The summed E-state index contributed by atoms with van der Waals surface area (Å²) in [6.07, 6.45) is 4.83. The number of rotatable bonds is 3. The summed E-state index contributed by atoms with van der Waals surface area (Å²) in [5.41, 5.74) is 2.90. The van der Waals surface area contributed by atoms with E-state index in [4.69, 9.17) is 9.84 Å². The van der Waals surface area contributed by atoms with Crippen LogP contribution in [0.5, 0.6) is 5.75 Å². The van der Waals surface area contributed by atoms with E-state index < -0.39 is 0 Å². The molecule has 2 fully saturated rings. The smallest absolute Gasteiger partial charge is 0.259 e. The van der Waals surface area contributed by atoms with Crippen LogP contribution in [0, 0.1) is 5.82 Å². The number of phenolic OH excluding ortho intramolecular Hbond substituents is 1. The van der Waals surface area contributed by atoms with E-state index in [9.17, 15) is 14.3 Å². The van der Waals surface area contributed by atoms with E-state index in [2.05, 4.69) is 0 Å². The maximum atomic E-state index is 13.7. The Kier molecular flexibility index (Phi) is 6.39. The highest BCUT2D eigenvalue weighted by atomic mass is 19.1. The van der Waals surface area contributed by atoms with Gasteiger partial charge in [0.05, 0.1) is 5.39 Å². The molecular weight excluding hydrogens is 397 g/mol. The van der Waals surface area contributed by atoms with E-state index in [-0.39, 0.29) is 29.1 Å². The van der Waals surface area contributed by atoms with Gasteiger partial charge in [0.15, 0.2) is 0 Å². The van der Waals surface area contributed by atoms with Gasteiger partial charge in [0.2, 0.25) is 0 Å². The molecule has 0 radical (unpaired) electrons. The van der Waals surface area contributed by atoms with Crippen molar-refractivity contribution in [2.75, 3.05) is 20.3 Å². The van der Waals surface area contributed by atoms with Crippen LogP contribution in [-0.4, -0.2) is 35.1 Å². The third-order valence-electron chi connectivity index (χ3n) is 6.42. The Morgan fingerprint density at radius 1 is 0.968 bits per heavy atom. The first kappa shape index (κ1) is 21.5. The predicted octanol–water partition coefficient (Wildman–Crippen LogP) is 4.74. The van der Waals surface area contributed by atoms with Crippen molar-refractivity contribution in [3.63, 3.8) is 0 Å². The van der Waals surface area contributed by atoms with Crippen molar-refractivity contribution in [1.82, 2.24) is 4.57 Å². The first-order valence-corrected chi connectivity index (χ1v) is 10.8. The number of hydrogen-bond acceptors (Lipinski definition) is 4. The molecule has 0 bridgehead atoms. The average Bonchev–Trinajstić information content (AvgIpc) is 2.77. The monoisotopic (exact) mass is 425 g/mol. The van der Waals surface area contributed by atoms with Crippen LogP contribution < -0.4 is 5.56 Å². The fraction of sp³-hybridized carbons (Fsp3) is 0.400. The highest BCUT2D eigenvalue weighted by molar-refractivity contribution is 5.98. The van der Waals surface area contributed by atoms with Crippen molar-refractivity contribution in [1.29, 1.82) is 0 Å². The highest BCUT2D eigenvalue weighted by Crippen LogP contribution is 2.43. The van der Waals surface area contributed by atoms with Gasteiger partial charge in [-0.05, 0) is 73.4 Å². The first-order chi connectivity index (χ1) is 15.1. The molecule has 164 valence electrons. The Hall–Kier alpha value is -2.70. The van der Waals surface area contributed by atoms with Gasteiger partial charge in [0, 0.05) is 43.5 Å². The number of aromatic hydroxyl groups is 1. The molecule has 6 heteroatoms. The van der Waals surface area contributed by atoms with Gasteiger partial charge in [-0.25, -0.2) is 4.39 Å². The summed E-state index contributed by atoms with van der Waals surface area (Å²) in [5, 5.41) is 18.4. The van der Waals surface area contributed by atoms with Gasteiger partial charge >= 0.3 is 0 Å². The van der Waals surface area contributed by atoms with E-state index in [1.807, 2.05) is 10.6 Å². The molecule has 3 aromatic rings. The van der Waals surface area contributed by atoms with Crippen molar-refractivity contribution >= 4 is 10.8 Å². The molecule has 5 nitrogen and oxygen atoms in total. The van der Waals surface area contributed by atoms with Gasteiger partial charge in [-0.3, -0.25) is 4.79 Å². The van der Waals surface area contributed by atoms with Gasteiger partial charge in [-0.1, -0.05) is 12.1 Å². The molecule has 0 atom stereocenters. The number of nitrogens with zero attached hydrogens (tertiary/aromatic N) is 1. The average molecular weight is 426 g/mol. The topological polar surface area (TPSA) is 71.7 Å². The Morgan fingerprint density at radius 2 is 1.65 bits per heavy atom. The minimum Gasteiger partial charge on any atom is -0.508 e. The van der Waals surface area contributed by atoms with E-state index in [1.165, 1.54) is 12.1 Å². The molecular formula is C25H28FNO4. The van der Waals surface area contributed by atoms with Gasteiger partial charge in [0.1, 0.15) is 11.6 Å². The standard InChI is InChI=1S/C24H24FNO3.CH4O/c25-17-6-4-15(5-7-17)22-20-9-8-19(27)14-21(20)24(28)26(18-2-1-3-18)23(22)16-10-12-29-13-11-16;1-2/h4-9,14,16,18,27H,1-3,10-13H2;2H,1H3. The molecule has 1 aromatic heterocycles. The predicted molar refractivity (Wildman–Crippen MR) is 119 cm³/mol. The van der Waals surface area contributed by atoms with Crippen LogP contribution in [0.4, 0.5) is 4.39 Å². The number of aromatic nitrogens is 1. The van der Waals surface area contributed by atoms with Gasteiger partial charge in [-0.2, -0.15) is 0 Å². The van der Waals surface area contributed by atoms with Crippen LogP contribution in [0.1, 0.15) is 49.8 Å². The minimum absolute atomic E-state index is 0.0343. The molecule has 2 heterocycles. The lowest BCUT2D eigenvalue weighted by Gasteiger charge is -2.36. The third-order valence-corrected chi connectivity index (χ3v) is 6.42. The van der Waals surface area contributed by atoms with Gasteiger partial charge in [0.25, 0.3) is 5.56 Å². The molecule has 0 amide bonds. The summed E-state index contributed by atoms with van der Waals surface area (Å²) in [4.78, 5) is 13.6. The maximum absolute atomic E-state index is 13.7. The molecule has 1 saturated heterocycles. The van der Waals surface area contributed by atoms with Crippen LogP contribution >= 0.6 is 0 Å². The van der Waals surface area contributed by atoms with Crippen LogP contribution in [0.2, 0.25) is 0 Å². The second kappa shape index (κ2) is 9.20. The zero-order valence-corrected chi connectivity index (χ0v) is 17.7. The molecule has 2 aromatic carbocycles. The fourth-order valence-electron chi connectivity index (χ4n) is 4.72. The number of aliphatic hydroxyl groups excluding tert-OH is 1. The Bertz CT molecular complexity index is 1110. The summed E-state index contributed by atoms with van der Waals surface area (Å²) in [6.45, 7) is 1.36. The van der Waals surface area contributed by atoms with E-state index in [0.717, 1.165) is 61.4 Å². The number of pyridine rings is 1. The number of ether oxygens (including phenoxy) is 1. The van der Waals surface area contributed by atoms with E-state index in [1.54, 1.807) is 24.3 Å². The maximum Gasteiger partial charge on any atom is 0.259 e. The zero-order valence-electron chi connectivity index (χ0n) is 17.7. The third kappa shape index (κ3) is 3.98. The van der Waals surface area contributed by atoms with Crippen molar-refractivity contribution in [3.05, 3.63) is 64.3 Å². The summed E-state index contributed by atoms with van der Waals surface area (Å²) in [5.74, 6) is 0.0181. The summed E-state index contributed by atoms with van der Waals surface area (Å²) >= 11 is 0. The lowest BCUT2D eigenvalue weighted by Crippen LogP contribution is -2.34. The number of aliphatic hydroxyl groups is 1. The van der Waals surface area contributed by atoms with Crippen LogP contribution in [-0.2, 0) is 4.74 Å². The van der Waals surface area contributed by atoms with Gasteiger partial charge < -0.3 is 19.5 Å². The molecule has 0 unspecified atom stereocenters. The van der Waals surface area contributed by atoms with E-state index in [0.29, 0.717) is 18.6 Å². The normalized spacial score (nSPS) is 17.1. The molecule has 5 rings (SSSR count). The molecule has 1 saturated carbocycles. The zero-order chi connectivity index (χ0) is 22.0. The molecule has 1 aliphatic carbocycles. The second-order valence-corrected chi connectivity index (χ2v) is 8.14. The Labute approximate surface area is 180 Å². The van der Waals surface area contributed by atoms with Crippen LogP contribution in [0.3, 0.4) is 0 Å². The quantitative estimate of drug-likeness (QED) is 0.636. The summed E-state index contributed by atoms with van der Waals surface area (Å²) in [6, 6.07) is 11.7. The Balaban J connectivity index is 0.00000112. The lowest BCUT2D eigenvalue weighted by atomic mass is 9.84. The molecule has 2 N–H and O–H groups in total. The largest absolute Gasteiger partial charge is 0.508 e. The minimum atomic E-state index is -0.282. The molecule has 2 aliphatic rings. The lowest BCUT2D eigenvalue weighted by molar-refractivity contribution is 0.0827. The molecule has 0 spiro atoms. The first-order valence-electron chi connectivity index (χ1n) is 10.8. The van der Waals surface area contributed by atoms with Crippen molar-refractivity contribution in [2.45, 2.75) is 44.1 Å². The van der Waals surface area contributed by atoms with Crippen LogP contribution in [0.25, 0.3) is 21.9 Å². The second-order valence-electron chi connectivity index (χ2n) is 8.14. The van der Waals surface area contributed by atoms with Gasteiger partial charge in [-0.15, -0.1) is 0 Å². The Morgan fingerprint density at radius 3 is 2.26 bits per heavy atom. The van der Waals surface area contributed by atoms with Crippen molar-refractivity contribution in [2.24, 2.45) is 0 Å². The number of halogens is 1. The number of phenols is 1. The van der Waals surface area contributed by atoms with E-state index >= 15 is 0 Å². The number of hydrogen-bond donors (Lipinski definition) is 2.